The van der Waals surface area contributed by atoms with Crippen molar-refractivity contribution in [1.82, 2.24) is 18.8 Å². The molecular weight excluding hydrogens is 392 g/mol. The van der Waals surface area contributed by atoms with Crippen LogP contribution in [0.4, 0.5) is 0 Å². The lowest BCUT2D eigenvalue weighted by Gasteiger charge is -2.14. The minimum atomic E-state index is -0.517. The lowest BCUT2D eigenvalue weighted by atomic mass is 10.1. The van der Waals surface area contributed by atoms with Crippen LogP contribution in [0.25, 0.3) is 11.0 Å². The van der Waals surface area contributed by atoms with Gasteiger partial charge in [-0.2, -0.15) is 4.37 Å². The summed E-state index contributed by atoms with van der Waals surface area (Å²) in [6.07, 6.45) is 1.93. The second-order valence-corrected chi connectivity index (χ2v) is 7.87. The number of fused-ring (bicyclic) bond motifs is 1. The minimum absolute atomic E-state index is 0.0220. The molecule has 1 atom stereocenters. The van der Waals surface area contributed by atoms with E-state index < -0.39 is 11.2 Å². The van der Waals surface area contributed by atoms with Gasteiger partial charge in [-0.15, -0.1) is 0 Å². The van der Waals surface area contributed by atoms with Crippen molar-refractivity contribution in [2.24, 2.45) is 0 Å². The Morgan fingerprint density at radius 3 is 2.97 bits per heavy atom. The molecule has 3 aromatic rings. The summed E-state index contributed by atoms with van der Waals surface area (Å²) in [5.74, 6) is -0.296. The van der Waals surface area contributed by atoms with Crippen LogP contribution >= 0.6 is 11.5 Å². The van der Waals surface area contributed by atoms with Gasteiger partial charge in [0.1, 0.15) is 6.54 Å². The molecule has 1 aliphatic heterocycles. The van der Waals surface area contributed by atoms with Crippen molar-refractivity contribution in [3.63, 3.8) is 0 Å². The van der Waals surface area contributed by atoms with Gasteiger partial charge < -0.3 is 10.1 Å². The Balaban J connectivity index is 1.64. The van der Waals surface area contributed by atoms with Crippen molar-refractivity contribution in [2.45, 2.75) is 39.0 Å². The third-order valence-electron chi connectivity index (χ3n) is 5.03. The molecule has 1 aromatic carbocycles. The number of amides is 1. The van der Waals surface area contributed by atoms with E-state index >= 15 is 0 Å². The molecule has 0 aliphatic carbocycles. The number of nitrogens with one attached hydrogen (secondary N) is 1. The average Bonchev–Trinajstić information content (AvgIpc) is 3.39. The molecule has 152 valence electrons. The molecule has 2 aromatic heterocycles. The molecule has 1 N–H and O–H groups in total. The highest BCUT2D eigenvalue weighted by Gasteiger charge is 2.19. The maximum atomic E-state index is 13.1. The molecule has 1 amide bonds. The Kier molecular flexibility index (Phi) is 5.59. The Labute approximate surface area is 170 Å². The van der Waals surface area contributed by atoms with E-state index in [0.29, 0.717) is 18.7 Å². The molecule has 0 spiro atoms. The number of nitrogens with zero attached hydrogens (tertiary/aromatic N) is 3. The molecule has 29 heavy (non-hydrogen) atoms. The zero-order chi connectivity index (χ0) is 20.4. The van der Waals surface area contributed by atoms with Gasteiger partial charge in [0.15, 0.2) is 5.52 Å². The molecule has 0 bridgehead atoms. The first-order valence-electron chi connectivity index (χ1n) is 9.54. The highest BCUT2D eigenvalue weighted by atomic mass is 32.1. The lowest BCUT2D eigenvalue weighted by Crippen LogP contribution is -2.43. The fourth-order valence-electron chi connectivity index (χ4n) is 3.55. The van der Waals surface area contributed by atoms with Gasteiger partial charge in [0, 0.05) is 18.5 Å². The minimum Gasteiger partial charge on any atom is -0.376 e. The molecular formula is C20H22N4O4S. The Morgan fingerprint density at radius 1 is 1.34 bits per heavy atom. The quantitative estimate of drug-likeness (QED) is 0.656. The summed E-state index contributed by atoms with van der Waals surface area (Å²) in [7, 11) is 0. The van der Waals surface area contributed by atoms with Gasteiger partial charge in [0.25, 0.3) is 5.56 Å². The number of aryl methyl sites for hydroxylation is 1. The Hall–Kier alpha value is -2.78. The molecule has 0 unspecified atom stereocenters. The summed E-state index contributed by atoms with van der Waals surface area (Å²) in [6, 6.07) is 7.62. The fraction of sp³-hybridized carbons (Fsp3) is 0.400. The summed E-state index contributed by atoms with van der Waals surface area (Å²) in [6.45, 7) is 3.04. The van der Waals surface area contributed by atoms with E-state index in [2.05, 4.69) is 9.69 Å². The van der Waals surface area contributed by atoms with Gasteiger partial charge in [0.2, 0.25) is 5.91 Å². The zero-order valence-electron chi connectivity index (χ0n) is 16.1. The first kappa shape index (κ1) is 19.5. The number of carbonyl (C=O) groups is 1. The third-order valence-corrected chi connectivity index (χ3v) is 5.64. The molecule has 1 saturated heterocycles. The molecule has 4 rings (SSSR count). The van der Waals surface area contributed by atoms with Gasteiger partial charge >= 0.3 is 5.69 Å². The van der Waals surface area contributed by atoms with Crippen LogP contribution in [-0.4, -0.2) is 38.7 Å². The summed E-state index contributed by atoms with van der Waals surface area (Å²) in [5, 5.41) is 4.45. The third kappa shape index (κ3) is 4.15. The van der Waals surface area contributed by atoms with Gasteiger partial charge in [-0.1, -0.05) is 29.8 Å². The summed E-state index contributed by atoms with van der Waals surface area (Å²) >= 11 is 1.09. The largest absolute Gasteiger partial charge is 0.376 e. The highest BCUT2D eigenvalue weighted by Crippen LogP contribution is 2.12. The maximum absolute atomic E-state index is 13.1. The highest BCUT2D eigenvalue weighted by molar-refractivity contribution is 7.04. The molecule has 0 radical (unpaired) electrons. The van der Waals surface area contributed by atoms with Crippen LogP contribution in [0.1, 0.15) is 24.0 Å². The fourth-order valence-corrected chi connectivity index (χ4v) is 4.22. The zero-order valence-corrected chi connectivity index (χ0v) is 16.9. The van der Waals surface area contributed by atoms with Crippen LogP contribution in [0.5, 0.6) is 0 Å². The predicted octanol–water partition coefficient (Wildman–Crippen LogP) is 1.27. The normalized spacial score (nSPS) is 16.4. The van der Waals surface area contributed by atoms with E-state index in [-0.39, 0.29) is 30.6 Å². The van der Waals surface area contributed by atoms with Crippen LogP contribution in [0.2, 0.25) is 0 Å². The lowest BCUT2D eigenvalue weighted by molar-refractivity contribution is -0.122. The molecule has 3 heterocycles. The van der Waals surface area contributed by atoms with Crippen LogP contribution in [0, 0.1) is 6.92 Å². The van der Waals surface area contributed by atoms with E-state index in [4.69, 9.17) is 4.74 Å². The maximum Gasteiger partial charge on any atom is 0.332 e. The number of hydrogen-bond acceptors (Lipinski definition) is 6. The summed E-state index contributed by atoms with van der Waals surface area (Å²) < 4.78 is 12.1. The van der Waals surface area contributed by atoms with Gasteiger partial charge in [-0.05, 0) is 36.9 Å². The Bertz CT molecular complexity index is 1160. The van der Waals surface area contributed by atoms with Crippen molar-refractivity contribution in [3.05, 3.63) is 61.6 Å². The number of carbonyl (C=O) groups excluding carboxylic acids is 1. The van der Waals surface area contributed by atoms with Gasteiger partial charge in [-0.25, -0.2) is 4.79 Å². The van der Waals surface area contributed by atoms with Crippen molar-refractivity contribution >= 4 is 28.5 Å². The SMILES string of the molecule is Cc1cccc(Cn2c(=O)c3nscc3n(CC(=O)NC[C@H]3CCCO3)c2=O)c1. The van der Waals surface area contributed by atoms with Crippen LogP contribution in [-0.2, 0) is 22.6 Å². The number of hydrogen-bond donors (Lipinski definition) is 1. The average molecular weight is 414 g/mol. The van der Waals surface area contributed by atoms with E-state index in [1.165, 1.54) is 4.57 Å². The smallest absolute Gasteiger partial charge is 0.332 e. The van der Waals surface area contributed by atoms with Crippen molar-refractivity contribution in [3.8, 4) is 0 Å². The van der Waals surface area contributed by atoms with E-state index in [1.54, 1.807) is 5.38 Å². The van der Waals surface area contributed by atoms with Crippen LogP contribution in [0.15, 0.2) is 39.2 Å². The van der Waals surface area contributed by atoms with Crippen molar-refractivity contribution < 1.29 is 9.53 Å². The van der Waals surface area contributed by atoms with Crippen molar-refractivity contribution in [2.75, 3.05) is 13.2 Å². The van der Waals surface area contributed by atoms with E-state index in [9.17, 15) is 14.4 Å². The van der Waals surface area contributed by atoms with Gasteiger partial charge in [-0.3, -0.25) is 18.7 Å². The molecule has 8 nitrogen and oxygen atoms in total. The number of benzene rings is 1. The monoisotopic (exact) mass is 414 g/mol. The standard InChI is InChI=1S/C20H22N4O4S/c1-13-4-2-5-14(8-13)10-24-19(26)18-16(12-29-22-18)23(20(24)27)11-17(25)21-9-15-6-3-7-28-15/h2,4-5,8,12,15H,3,6-7,9-11H2,1H3,(H,21,25)/t15-/m1/s1. The molecule has 1 aliphatic rings. The second kappa shape index (κ2) is 8.30. The topological polar surface area (TPSA) is 95.2 Å². The first-order chi connectivity index (χ1) is 14.0. The predicted molar refractivity (Wildman–Crippen MR) is 110 cm³/mol. The molecule has 1 fully saturated rings. The number of rotatable bonds is 6. The number of aromatic nitrogens is 3. The summed E-state index contributed by atoms with van der Waals surface area (Å²) in [4.78, 5) is 38.4. The van der Waals surface area contributed by atoms with Crippen molar-refractivity contribution in [1.29, 1.82) is 0 Å². The summed E-state index contributed by atoms with van der Waals surface area (Å²) in [5.41, 5.74) is 1.51. The molecule has 9 heteroatoms. The van der Waals surface area contributed by atoms with Crippen LogP contribution in [0.3, 0.4) is 0 Å². The first-order valence-corrected chi connectivity index (χ1v) is 10.4. The van der Waals surface area contributed by atoms with E-state index in [1.807, 2.05) is 31.2 Å². The van der Waals surface area contributed by atoms with Gasteiger partial charge in [0.05, 0.1) is 18.2 Å². The number of ether oxygens (including phenoxy) is 1. The van der Waals surface area contributed by atoms with Crippen LogP contribution < -0.4 is 16.6 Å². The molecule has 0 saturated carbocycles. The second-order valence-electron chi connectivity index (χ2n) is 7.24. The van der Waals surface area contributed by atoms with E-state index in [0.717, 1.165) is 40.1 Å². The Morgan fingerprint density at radius 2 is 2.21 bits per heavy atom.